The van der Waals surface area contributed by atoms with Crippen molar-refractivity contribution < 1.29 is 29.3 Å². The molecule has 0 saturated carbocycles. The minimum absolute atomic E-state index is 0.197. The molecule has 5 aromatic rings. The van der Waals surface area contributed by atoms with Crippen molar-refractivity contribution in [1.82, 2.24) is 0 Å². The standard InChI is InChI=1S/C32H22O6/c33-31(34)23-8-14-26(15-9-23)37-25-12-6-22(7-13-25)29-19-18-28(20-30(29)21-4-2-1-3-5-21)38-27-16-10-24(11-17-27)32(35)36/h1-20H,(H,33,34)(H,35,36). The lowest BCUT2D eigenvalue weighted by Gasteiger charge is -2.14. The second-order valence-electron chi connectivity index (χ2n) is 8.46. The first kappa shape index (κ1) is 24.3. The number of ether oxygens (including phenoxy) is 2. The van der Waals surface area contributed by atoms with Crippen LogP contribution in [0.5, 0.6) is 23.0 Å². The molecule has 0 fully saturated rings. The molecule has 5 rings (SSSR count). The number of benzene rings is 5. The van der Waals surface area contributed by atoms with Gasteiger partial charge in [0.25, 0.3) is 0 Å². The fraction of sp³-hybridized carbons (Fsp3) is 0. The maximum atomic E-state index is 11.1. The number of hydrogen-bond donors (Lipinski definition) is 2. The van der Waals surface area contributed by atoms with E-state index in [0.29, 0.717) is 23.0 Å². The first-order valence-corrected chi connectivity index (χ1v) is 11.8. The summed E-state index contributed by atoms with van der Waals surface area (Å²) in [6.45, 7) is 0. The SMILES string of the molecule is O=C(O)c1ccc(Oc2ccc(-c3ccc(Oc4ccc(C(=O)O)cc4)cc3-c3ccccc3)cc2)cc1. The van der Waals surface area contributed by atoms with Gasteiger partial charge in [-0.25, -0.2) is 9.59 Å². The van der Waals surface area contributed by atoms with Gasteiger partial charge in [0.15, 0.2) is 0 Å². The van der Waals surface area contributed by atoms with Gasteiger partial charge in [0.05, 0.1) is 11.1 Å². The number of carboxylic acids is 2. The largest absolute Gasteiger partial charge is 0.478 e. The van der Waals surface area contributed by atoms with Crippen LogP contribution in [-0.2, 0) is 0 Å². The molecule has 2 N–H and O–H groups in total. The predicted molar refractivity (Wildman–Crippen MR) is 144 cm³/mol. The van der Waals surface area contributed by atoms with Gasteiger partial charge in [-0.05, 0) is 95.1 Å². The van der Waals surface area contributed by atoms with Crippen molar-refractivity contribution in [3.05, 3.63) is 132 Å². The third-order valence-electron chi connectivity index (χ3n) is 5.92. The molecule has 0 heterocycles. The highest BCUT2D eigenvalue weighted by atomic mass is 16.5. The smallest absolute Gasteiger partial charge is 0.335 e. The van der Waals surface area contributed by atoms with Crippen LogP contribution in [0.15, 0.2) is 121 Å². The summed E-state index contributed by atoms with van der Waals surface area (Å²) >= 11 is 0. The number of carbonyl (C=O) groups is 2. The highest BCUT2D eigenvalue weighted by Gasteiger charge is 2.11. The Morgan fingerprint density at radius 3 is 1.37 bits per heavy atom. The highest BCUT2D eigenvalue weighted by Crippen LogP contribution is 2.37. The van der Waals surface area contributed by atoms with Crippen molar-refractivity contribution in [2.75, 3.05) is 0 Å². The van der Waals surface area contributed by atoms with E-state index in [0.717, 1.165) is 22.3 Å². The van der Waals surface area contributed by atoms with E-state index in [9.17, 15) is 9.59 Å². The quantitative estimate of drug-likeness (QED) is 0.223. The van der Waals surface area contributed by atoms with Crippen molar-refractivity contribution in [1.29, 1.82) is 0 Å². The van der Waals surface area contributed by atoms with Crippen molar-refractivity contribution in [3.63, 3.8) is 0 Å². The zero-order valence-corrected chi connectivity index (χ0v) is 20.1. The second kappa shape index (κ2) is 10.7. The normalized spacial score (nSPS) is 10.5. The van der Waals surface area contributed by atoms with Crippen LogP contribution in [0.2, 0.25) is 0 Å². The Bertz CT molecular complexity index is 1570. The molecule has 0 aromatic heterocycles. The zero-order chi connectivity index (χ0) is 26.5. The summed E-state index contributed by atoms with van der Waals surface area (Å²) in [6.07, 6.45) is 0. The van der Waals surface area contributed by atoms with E-state index in [-0.39, 0.29) is 11.1 Å². The lowest BCUT2D eigenvalue weighted by molar-refractivity contribution is 0.0686. The number of aromatic carboxylic acids is 2. The van der Waals surface area contributed by atoms with Crippen molar-refractivity contribution in [3.8, 4) is 45.3 Å². The molecule has 0 aliphatic carbocycles. The summed E-state index contributed by atoms with van der Waals surface area (Å²) < 4.78 is 11.9. The third kappa shape index (κ3) is 5.55. The van der Waals surface area contributed by atoms with Crippen molar-refractivity contribution >= 4 is 11.9 Å². The van der Waals surface area contributed by atoms with Gasteiger partial charge in [-0.1, -0.05) is 48.5 Å². The van der Waals surface area contributed by atoms with E-state index in [1.54, 1.807) is 24.3 Å². The van der Waals surface area contributed by atoms with Crippen molar-refractivity contribution in [2.45, 2.75) is 0 Å². The topological polar surface area (TPSA) is 93.1 Å². The minimum atomic E-state index is -0.986. The summed E-state index contributed by atoms with van der Waals surface area (Å²) in [5.41, 5.74) is 4.38. The van der Waals surface area contributed by atoms with Crippen LogP contribution in [0.4, 0.5) is 0 Å². The summed E-state index contributed by atoms with van der Waals surface area (Å²) in [5, 5.41) is 18.2. The molecular formula is C32H22O6. The van der Waals surface area contributed by atoms with Crippen molar-refractivity contribution in [2.24, 2.45) is 0 Å². The van der Waals surface area contributed by atoms with E-state index >= 15 is 0 Å². The van der Waals surface area contributed by atoms with Gasteiger partial charge < -0.3 is 19.7 Å². The second-order valence-corrected chi connectivity index (χ2v) is 8.46. The maximum Gasteiger partial charge on any atom is 0.335 e. The van der Waals surface area contributed by atoms with Crippen LogP contribution < -0.4 is 9.47 Å². The molecule has 0 aliphatic rings. The molecule has 38 heavy (non-hydrogen) atoms. The highest BCUT2D eigenvalue weighted by molar-refractivity contribution is 5.88. The molecule has 6 nitrogen and oxygen atoms in total. The Balaban J connectivity index is 1.42. The molecule has 6 heteroatoms. The van der Waals surface area contributed by atoms with Crippen LogP contribution in [0.25, 0.3) is 22.3 Å². The molecule has 0 radical (unpaired) electrons. The van der Waals surface area contributed by atoms with E-state index < -0.39 is 11.9 Å². The molecule has 0 aliphatic heterocycles. The van der Waals surface area contributed by atoms with Gasteiger partial charge in [0.2, 0.25) is 0 Å². The van der Waals surface area contributed by atoms with Gasteiger partial charge >= 0.3 is 11.9 Å². The van der Waals surface area contributed by atoms with Crippen LogP contribution in [-0.4, -0.2) is 22.2 Å². The molecule has 0 atom stereocenters. The average molecular weight is 503 g/mol. The molecule has 0 spiro atoms. The Morgan fingerprint density at radius 1 is 0.447 bits per heavy atom. The molecule has 186 valence electrons. The number of carboxylic acid groups (broad SMARTS) is 2. The molecular weight excluding hydrogens is 480 g/mol. The fourth-order valence-electron chi connectivity index (χ4n) is 4.00. The molecule has 0 unspecified atom stereocenters. The molecule has 0 saturated heterocycles. The Kier molecular flexibility index (Phi) is 6.87. The van der Waals surface area contributed by atoms with E-state index in [1.807, 2.05) is 72.8 Å². The zero-order valence-electron chi connectivity index (χ0n) is 20.1. The Morgan fingerprint density at radius 2 is 0.868 bits per heavy atom. The molecule has 5 aromatic carbocycles. The van der Waals surface area contributed by atoms with Gasteiger partial charge in [-0.2, -0.15) is 0 Å². The van der Waals surface area contributed by atoms with Crippen LogP contribution in [0.3, 0.4) is 0 Å². The van der Waals surface area contributed by atoms with Gasteiger partial charge in [-0.15, -0.1) is 0 Å². The maximum absolute atomic E-state index is 11.1. The summed E-state index contributed by atoms with van der Waals surface area (Å²) in [6, 6.07) is 36.0. The molecule has 0 bridgehead atoms. The van der Waals surface area contributed by atoms with E-state index in [4.69, 9.17) is 19.7 Å². The van der Waals surface area contributed by atoms with E-state index in [2.05, 4.69) is 0 Å². The molecule has 0 amide bonds. The van der Waals surface area contributed by atoms with Crippen LogP contribution in [0, 0.1) is 0 Å². The van der Waals surface area contributed by atoms with Gasteiger partial charge in [0.1, 0.15) is 23.0 Å². The van der Waals surface area contributed by atoms with Gasteiger partial charge in [0, 0.05) is 0 Å². The fourth-order valence-corrected chi connectivity index (χ4v) is 4.00. The minimum Gasteiger partial charge on any atom is -0.478 e. The van der Waals surface area contributed by atoms with E-state index in [1.165, 1.54) is 24.3 Å². The summed E-state index contributed by atoms with van der Waals surface area (Å²) in [4.78, 5) is 22.2. The summed E-state index contributed by atoms with van der Waals surface area (Å²) in [5.74, 6) is 0.371. The lowest BCUT2D eigenvalue weighted by Crippen LogP contribution is -1.95. The average Bonchev–Trinajstić information content (AvgIpc) is 2.94. The first-order chi connectivity index (χ1) is 18.5. The predicted octanol–water partition coefficient (Wildman–Crippen LogP) is 8.00. The Labute approximate surface area is 219 Å². The first-order valence-electron chi connectivity index (χ1n) is 11.8. The van der Waals surface area contributed by atoms with Gasteiger partial charge in [-0.3, -0.25) is 0 Å². The Hall–Kier alpha value is -5.36. The monoisotopic (exact) mass is 502 g/mol. The number of rotatable bonds is 8. The number of hydrogen-bond acceptors (Lipinski definition) is 4. The van der Waals surface area contributed by atoms with Crippen LogP contribution in [0.1, 0.15) is 20.7 Å². The lowest BCUT2D eigenvalue weighted by atomic mass is 9.94. The summed E-state index contributed by atoms with van der Waals surface area (Å²) in [7, 11) is 0. The third-order valence-corrected chi connectivity index (χ3v) is 5.92. The van der Waals surface area contributed by atoms with Crippen LogP contribution >= 0.6 is 0 Å².